The Bertz CT molecular complexity index is 33.9. The van der Waals surface area contributed by atoms with Crippen LogP contribution in [-0.2, 0) is 0 Å². The summed E-state index contributed by atoms with van der Waals surface area (Å²) in [7, 11) is 0. The monoisotopic (exact) mass is 91.0 g/mol. The van der Waals surface area contributed by atoms with Gasteiger partial charge in [-0.2, -0.15) is 0 Å². The van der Waals surface area contributed by atoms with E-state index in [2.05, 4.69) is 5.32 Å². The van der Waals surface area contributed by atoms with Crippen molar-refractivity contribution in [1.29, 1.82) is 0 Å². The Morgan fingerprint density at radius 3 is 2.20 bits per heavy atom. The molecule has 1 atom stereocenters. The SMILES string of the molecule is Cl[C@H]1CCN1. The van der Waals surface area contributed by atoms with Gasteiger partial charge in [0.25, 0.3) is 0 Å². The predicted molar refractivity (Wildman–Crippen MR) is 22.3 cm³/mol. The first-order valence-electron chi connectivity index (χ1n) is 1.77. The third-order valence-electron chi connectivity index (χ3n) is 0.764. The van der Waals surface area contributed by atoms with Crippen LogP contribution in [0.3, 0.4) is 0 Å². The van der Waals surface area contributed by atoms with Crippen molar-refractivity contribution in [2.75, 3.05) is 6.54 Å². The molecule has 1 aliphatic rings. The Morgan fingerprint density at radius 2 is 2.20 bits per heavy atom. The summed E-state index contributed by atoms with van der Waals surface area (Å²) in [5.41, 5.74) is 0.287. The number of hydrogen-bond donors (Lipinski definition) is 1. The molecule has 1 nitrogen and oxygen atoms in total. The second kappa shape index (κ2) is 1.15. The molecular weight excluding hydrogens is 85.5 g/mol. The normalized spacial score (nSPS) is 36.6. The van der Waals surface area contributed by atoms with E-state index in [-0.39, 0.29) is 5.50 Å². The van der Waals surface area contributed by atoms with Gasteiger partial charge in [-0.15, -0.1) is 11.6 Å². The molecule has 0 saturated carbocycles. The van der Waals surface area contributed by atoms with E-state index >= 15 is 0 Å². The maximum atomic E-state index is 5.44. The van der Waals surface area contributed by atoms with Crippen molar-refractivity contribution in [1.82, 2.24) is 5.32 Å². The Kier molecular flexibility index (Phi) is 0.791. The lowest BCUT2D eigenvalue weighted by Crippen LogP contribution is -2.37. The fraction of sp³-hybridized carbons (Fsp3) is 1.00. The molecule has 1 N–H and O–H groups in total. The first-order valence-corrected chi connectivity index (χ1v) is 2.21. The van der Waals surface area contributed by atoms with Crippen LogP contribution < -0.4 is 5.32 Å². The van der Waals surface area contributed by atoms with Crippen molar-refractivity contribution in [2.24, 2.45) is 0 Å². The summed E-state index contributed by atoms with van der Waals surface area (Å²) >= 11 is 5.44. The Hall–Kier alpha value is 0.250. The number of rotatable bonds is 0. The minimum atomic E-state index is 0.287. The number of alkyl halides is 1. The molecule has 0 spiro atoms. The van der Waals surface area contributed by atoms with Gasteiger partial charge in [0.1, 0.15) is 0 Å². The zero-order valence-electron chi connectivity index (χ0n) is 2.87. The van der Waals surface area contributed by atoms with Gasteiger partial charge in [0.2, 0.25) is 0 Å². The van der Waals surface area contributed by atoms with Crippen LogP contribution in [-0.4, -0.2) is 12.0 Å². The minimum absolute atomic E-state index is 0.287. The average molecular weight is 91.5 g/mol. The summed E-state index contributed by atoms with van der Waals surface area (Å²) < 4.78 is 0. The summed E-state index contributed by atoms with van der Waals surface area (Å²) in [5, 5.41) is 2.97. The second-order valence-corrected chi connectivity index (χ2v) is 1.74. The molecule has 1 heterocycles. The van der Waals surface area contributed by atoms with Gasteiger partial charge in [0.05, 0.1) is 5.50 Å². The molecule has 0 amide bonds. The third kappa shape index (κ3) is 0.551. The van der Waals surface area contributed by atoms with E-state index in [9.17, 15) is 0 Å². The lowest BCUT2D eigenvalue weighted by molar-refractivity contribution is 0.478. The fourth-order valence-corrected chi connectivity index (χ4v) is 0.472. The first kappa shape index (κ1) is 3.44. The van der Waals surface area contributed by atoms with Gasteiger partial charge in [0.15, 0.2) is 0 Å². The van der Waals surface area contributed by atoms with Crippen LogP contribution in [0.15, 0.2) is 0 Å². The van der Waals surface area contributed by atoms with Gasteiger partial charge < -0.3 is 5.32 Å². The molecule has 0 radical (unpaired) electrons. The lowest BCUT2D eigenvalue weighted by atomic mass is 10.3. The maximum absolute atomic E-state index is 5.44. The van der Waals surface area contributed by atoms with E-state index in [1.807, 2.05) is 0 Å². The summed E-state index contributed by atoms with van der Waals surface area (Å²) in [6, 6.07) is 0. The summed E-state index contributed by atoms with van der Waals surface area (Å²) in [6.45, 7) is 1.11. The van der Waals surface area contributed by atoms with E-state index < -0.39 is 0 Å². The predicted octanol–water partition coefficient (Wildman–Crippen LogP) is 0.545. The molecule has 1 saturated heterocycles. The number of nitrogens with one attached hydrogen (secondary N) is 1. The third-order valence-corrected chi connectivity index (χ3v) is 1.14. The summed E-state index contributed by atoms with van der Waals surface area (Å²) in [6.07, 6.45) is 1.14. The Balaban J connectivity index is 2.08. The summed E-state index contributed by atoms with van der Waals surface area (Å²) in [5.74, 6) is 0. The first-order chi connectivity index (χ1) is 2.39. The lowest BCUT2D eigenvalue weighted by Gasteiger charge is -2.19. The maximum Gasteiger partial charge on any atom is 0.0837 e. The minimum Gasteiger partial charge on any atom is -0.301 e. The van der Waals surface area contributed by atoms with Gasteiger partial charge in [0, 0.05) is 0 Å². The van der Waals surface area contributed by atoms with E-state index in [4.69, 9.17) is 11.6 Å². The van der Waals surface area contributed by atoms with E-state index in [1.165, 1.54) is 0 Å². The Labute approximate surface area is 36.3 Å². The van der Waals surface area contributed by atoms with Crippen LogP contribution in [0.4, 0.5) is 0 Å². The smallest absolute Gasteiger partial charge is 0.0837 e. The van der Waals surface area contributed by atoms with Crippen molar-refractivity contribution in [2.45, 2.75) is 11.9 Å². The van der Waals surface area contributed by atoms with E-state index in [1.54, 1.807) is 0 Å². The van der Waals surface area contributed by atoms with Crippen LogP contribution in [0.2, 0.25) is 0 Å². The molecule has 0 aliphatic carbocycles. The molecule has 0 unspecified atom stereocenters. The molecule has 1 aliphatic heterocycles. The largest absolute Gasteiger partial charge is 0.301 e. The number of halogens is 1. The molecule has 0 aromatic carbocycles. The quantitative estimate of drug-likeness (QED) is 0.339. The summed E-state index contributed by atoms with van der Waals surface area (Å²) in [4.78, 5) is 0. The van der Waals surface area contributed by atoms with Crippen molar-refractivity contribution >= 4 is 11.6 Å². The van der Waals surface area contributed by atoms with E-state index in [0.29, 0.717) is 0 Å². The van der Waals surface area contributed by atoms with Gasteiger partial charge in [-0.1, -0.05) is 0 Å². The highest BCUT2D eigenvalue weighted by molar-refractivity contribution is 6.20. The topological polar surface area (TPSA) is 12.0 Å². The molecule has 5 heavy (non-hydrogen) atoms. The van der Waals surface area contributed by atoms with Crippen LogP contribution >= 0.6 is 11.6 Å². The van der Waals surface area contributed by atoms with Crippen molar-refractivity contribution in [3.63, 3.8) is 0 Å². The molecule has 30 valence electrons. The number of hydrogen-bond acceptors (Lipinski definition) is 1. The Morgan fingerprint density at radius 1 is 1.80 bits per heavy atom. The molecular formula is C3H6ClN. The van der Waals surface area contributed by atoms with Gasteiger partial charge >= 0.3 is 0 Å². The molecule has 2 heteroatoms. The zero-order valence-corrected chi connectivity index (χ0v) is 3.63. The van der Waals surface area contributed by atoms with Gasteiger partial charge in [-0.25, -0.2) is 0 Å². The molecule has 1 rings (SSSR count). The second-order valence-electron chi connectivity index (χ2n) is 1.21. The van der Waals surface area contributed by atoms with Crippen LogP contribution in [0.25, 0.3) is 0 Å². The highest BCUT2D eigenvalue weighted by atomic mass is 35.5. The molecule has 0 bridgehead atoms. The zero-order chi connectivity index (χ0) is 3.70. The van der Waals surface area contributed by atoms with Crippen molar-refractivity contribution < 1.29 is 0 Å². The van der Waals surface area contributed by atoms with Gasteiger partial charge in [-0.3, -0.25) is 0 Å². The average Bonchev–Trinajstić information content (AvgIpc) is 1.30. The highest BCUT2D eigenvalue weighted by Crippen LogP contribution is 2.03. The fourth-order valence-electron chi connectivity index (χ4n) is 0.253. The molecule has 0 aromatic heterocycles. The van der Waals surface area contributed by atoms with Crippen LogP contribution in [0.5, 0.6) is 0 Å². The van der Waals surface area contributed by atoms with E-state index in [0.717, 1.165) is 13.0 Å². The van der Waals surface area contributed by atoms with Crippen molar-refractivity contribution in [3.8, 4) is 0 Å². The molecule has 0 aromatic rings. The van der Waals surface area contributed by atoms with Gasteiger partial charge in [-0.05, 0) is 13.0 Å². The van der Waals surface area contributed by atoms with Crippen LogP contribution in [0, 0.1) is 0 Å². The molecule has 1 fully saturated rings. The highest BCUT2D eigenvalue weighted by Gasteiger charge is 2.10. The standard InChI is InChI=1S/C3H6ClN/c4-3-1-2-5-3/h3,5H,1-2H2/t3-/m1/s1. The van der Waals surface area contributed by atoms with Crippen molar-refractivity contribution in [3.05, 3.63) is 0 Å². The van der Waals surface area contributed by atoms with Crippen LogP contribution in [0.1, 0.15) is 6.42 Å².